The number of hydrogen-bond donors (Lipinski definition) is 1. The largest absolute Gasteiger partial charge is 0.389 e. The highest BCUT2D eigenvalue weighted by Gasteiger charge is 2.26. The Morgan fingerprint density at radius 3 is 2.65 bits per heavy atom. The van der Waals surface area contributed by atoms with Gasteiger partial charge in [-0.25, -0.2) is 0 Å². The van der Waals surface area contributed by atoms with E-state index >= 15 is 0 Å². The molecule has 1 atom stereocenters. The van der Waals surface area contributed by atoms with Gasteiger partial charge in [0.25, 0.3) is 0 Å². The lowest BCUT2D eigenvalue weighted by molar-refractivity contribution is -0.135. The summed E-state index contributed by atoms with van der Waals surface area (Å²) in [4.78, 5) is 4.32. The number of benzene rings is 1. The quantitative estimate of drug-likeness (QED) is 0.826. The van der Waals surface area contributed by atoms with E-state index in [2.05, 4.69) is 22.4 Å². The number of aliphatic imine (C=N–C) groups is 1. The Kier molecular flexibility index (Phi) is 5.34. The van der Waals surface area contributed by atoms with Crippen LogP contribution in [0.2, 0.25) is 0 Å². The Balaban J connectivity index is 1.72. The molecule has 0 aromatic heterocycles. The van der Waals surface area contributed by atoms with Gasteiger partial charge in [0.2, 0.25) is 0 Å². The lowest BCUT2D eigenvalue weighted by Gasteiger charge is -2.09. The molecule has 0 spiro atoms. The van der Waals surface area contributed by atoms with Gasteiger partial charge in [0.05, 0.1) is 6.04 Å². The molecule has 2 rings (SSSR count). The number of alkyl halides is 3. The SMILES string of the molecule is FC(F)(F)CCCCN=C1NC(c2ccccc2)CS1. The Labute approximate surface area is 120 Å². The number of nitrogens with one attached hydrogen (secondary N) is 1. The van der Waals surface area contributed by atoms with Crippen LogP contribution < -0.4 is 5.32 Å². The molecule has 1 fully saturated rings. The predicted molar refractivity (Wildman–Crippen MR) is 77.0 cm³/mol. The maximum atomic E-state index is 12.0. The smallest absolute Gasteiger partial charge is 0.357 e. The van der Waals surface area contributed by atoms with Crippen LogP contribution in [-0.2, 0) is 0 Å². The van der Waals surface area contributed by atoms with Crippen LogP contribution in [0.3, 0.4) is 0 Å². The van der Waals surface area contributed by atoms with Gasteiger partial charge in [-0.15, -0.1) is 0 Å². The predicted octanol–water partition coefficient (Wildman–Crippen LogP) is 4.15. The molecular weight excluding hydrogens is 285 g/mol. The van der Waals surface area contributed by atoms with Crippen molar-refractivity contribution in [3.8, 4) is 0 Å². The number of thioether (sulfide) groups is 1. The number of hydrogen-bond acceptors (Lipinski definition) is 2. The van der Waals surface area contributed by atoms with Crippen molar-refractivity contribution in [2.45, 2.75) is 31.5 Å². The van der Waals surface area contributed by atoms with Crippen molar-refractivity contribution in [1.82, 2.24) is 5.32 Å². The van der Waals surface area contributed by atoms with Crippen LogP contribution in [0.4, 0.5) is 13.2 Å². The van der Waals surface area contributed by atoms with Gasteiger partial charge in [-0.2, -0.15) is 13.2 Å². The van der Waals surface area contributed by atoms with Crippen LogP contribution in [0, 0.1) is 0 Å². The first-order valence-corrected chi connectivity index (χ1v) is 7.59. The zero-order chi connectivity index (χ0) is 14.4. The maximum Gasteiger partial charge on any atom is 0.389 e. The van der Waals surface area contributed by atoms with E-state index in [-0.39, 0.29) is 12.5 Å². The van der Waals surface area contributed by atoms with Gasteiger partial charge >= 0.3 is 6.18 Å². The van der Waals surface area contributed by atoms with Crippen molar-refractivity contribution in [2.75, 3.05) is 12.3 Å². The second-order valence-corrected chi connectivity index (χ2v) is 5.69. The molecule has 0 bridgehead atoms. The highest BCUT2D eigenvalue weighted by Crippen LogP contribution is 2.26. The van der Waals surface area contributed by atoms with Crippen LogP contribution in [0.25, 0.3) is 0 Å². The first kappa shape index (κ1) is 15.2. The molecule has 0 radical (unpaired) electrons. The zero-order valence-corrected chi connectivity index (χ0v) is 11.8. The lowest BCUT2D eigenvalue weighted by atomic mass is 10.1. The van der Waals surface area contributed by atoms with Crippen LogP contribution in [-0.4, -0.2) is 23.6 Å². The molecule has 20 heavy (non-hydrogen) atoms. The van der Waals surface area contributed by atoms with Crippen molar-refractivity contribution in [2.24, 2.45) is 4.99 Å². The Bertz CT molecular complexity index is 445. The van der Waals surface area contributed by atoms with E-state index in [4.69, 9.17) is 0 Å². The first-order valence-electron chi connectivity index (χ1n) is 6.60. The van der Waals surface area contributed by atoms with Gasteiger partial charge in [-0.1, -0.05) is 42.1 Å². The van der Waals surface area contributed by atoms with Crippen molar-refractivity contribution in [1.29, 1.82) is 0 Å². The van der Waals surface area contributed by atoms with Gasteiger partial charge in [0, 0.05) is 18.7 Å². The molecule has 0 amide bonds. The fourth-order valence-corrected chi connectivity index (χ4v) is 2.98. The molecule has 110 valence electrons. The van der Waals surface area contributed by atoms with E-state index in [9.17, 15) is 13.2 Å². The number of halogens is 3. The molecule has 1 aromatic carbocycles. The highest BCUT2D eigenvalue weighted by atomic mass is 32.2. The molecule has 1 aliphatic rings. The van der Waals surface area contributed by atoms with Gasteiger partial charge in [0.15, 0.2) is 5.17 Å². The molecule has 1 heterocycles. The highest BCUT2D eigenvalue weighted by molar-refractivity contribution is 8.14. The molecular formula is C14H17F3N2S. The van der Waals surface area contributed by atoms with E-state index in [1.54, 1.807) is 11.8 Å². The Hall–Kier alpha value is -1.17. The third-order valence-electron chi connectivity index (χ3n) is 3.01. The third-order valence-corrected chi connectivity index (χ3v) is 4.03. The van der Waals surface area contributed by atoms with Crippen LogP contribution >= 0.6 is 11.8 Å². The number of amidine groups is 1. The molecule has 0 aliphatic carbocycles. The van der Waals surface area contributed by atoms with E-state index in [0.29, 0.717) is 13.0 Å². The summed E-state index contributed by atoms with van der Waals surface area (Å²) in [5, 5.41) is 4.14. The van der Waals surface area contributed by atoms with Gasteiger partial charge in [0.1, 0.15) is 0 Å². The fraction of sp³-hybridized carbons (Fsp3) is 0.500. The summed E-state index contributed by atoms with van der Waals surface area (Å²) >= 11 is 1.63. The second-order valence-electron chi connectivity index (χ2n) is 4.68. The number of unbranched alkanes of at least 4 members (excludes halogenated alkanes) is 1. The molecule has 0 saturated carbocycles. The average Bonchev–Trinajstić information content (AvgIpc) is 2.87. The van der Waals surface area contributed by atoms with E-state index in [0.717, 1.165) is 10.9 Å². The zero-order valence-electron chi connectivity index (χ0n) is 11.0. The van der Waals surface area contributed by atoms with Crippen LogP contribution in [0.1, 0.15) is 30.9 Å². The fourth-order valence-electron chi connectivity index (χ4n) is 1.97. The average molecular weight is 302 g/mol. The van der Waals surface area contributed by atoms with Crippen LogP contribution in [0.5, 0.6) is 0 Å². The van der Waals surface area contributed by atoms with Crippen molar-refractivity contribution >= 4 is 16.9 Å². The minimum atomic E-state index is -4.05. The summed E-state index contributed by atoms with van der Waals surface area (Å²) < 4.78 is 35.9. The van der Waals surface area contributed by atoms with E-state index < -0.39 is 12.6 Å². The topological polar surface area (TPSA) is 24.4 Å². The molecule has 1 aliphatic heterocycles. The Morgan fingerprint density at radius 1 is 1.20 bits per heavy atom. The molecule has 6 heteroatoms. The summed E-state index contributed by atoms with van der Waals surface area (Å²) in [7, 11) is 0. The van der Waals surface area contributed by atoms with Crippen molar-refractivity contribution in [3.05, 3.63) is 35.9 Å². The normalized spacial score (nSPS) is 21.1. The Morgan fingerprint density at radius 2 is 1.95 bits per heavy atom. The minimum Gasteiger partial charge on any atom is -0.357 e. The summed E-state index contributed by atoms with van der Waals surface area (Å²) in [6.07, 6.45) is -4.15. The third kappa shape index (κ3) is 5.07. The second kappa shape index (κ2) is 7.02. The van der Waals surface area contributed by atoms with Crippen molar-refractivity contribution in [3.63, 3.8) is 0 Å². The minimum absolute atomic E-state index is 0.146. The first-order chi connectivity index (χ1) is 9.54. The summed E-state index contributed by atoms with van der Waals surface area (Å²) in [5.74, 6) is 0.908. The van der Waals surface area contributed by atoms with E-state index in [1.165, 1.54) is 5.56 Å². The van der Waals surface area contributed by atoms with E-state index in [1.807, 2.05) is 18.2 Å². The molecule has 1 saturated heterocycles. The van der Waals surface area contributed by atoms with Gasteiger partial charge in [-0.05, 0) is 18.4 Å². The molecule has 2 nitrogen and oxygen atoms in total. The number of rotatable bonds is 5. The van der Waals surface area contributed by atoms with Crippen molar-refractivity contribution < 1.29 is 13.2 Å². The standard InChI is InChI=1S/C14H17F3N2S/c15-14(16,17)8-4-5-9-18-13-19-12(10-20-13)11-6-2-1-3-7-11/h1-3,6-7,12H,4-5,8-10H2,(H,18,19). The number of nitrogens with zero attached hydrogens (tertiary/aromatic N) is 1. The summed E-state index contributed by atoms with van der Waals surface area (Å²) in [5.41, 5.74) is 1.21. The summed E-state index contributed by atoms with van der Waals surface area (Å²) in [6, 6.07) is 10.3. The lowest BCUT2D eigenvalue weighted by Crippen LogP contribution is -2.19. The monoisotopic (exact) mass is 302 g/mol. The molecule has 1 aromatic rings. The van der Waals surface area contributed by atoms with Crippen LogP contribution in [0.15, 0.2) is 35.3 Å². The van der Waals surface area contributed by atoms with Gasteiger partial charge in [-0.3, -0.25) is 4.99 Å². The molecule has 1 N–H and O–H groups in total. The van der Waals surface area contributed by atoms with Gasteiger partial charge < -0.3 is 5.32 Å². The maximum absolute atomic E-state index is 12.0. The molecule has 1 unspecified atom stereocenters. The summed E-state index contributed by atoms with van der Waals surface area (Å²) in [6.45, 7) is 0.451.